The standard InChI is InChI=1S/C26H38O/c1-2-3-19-4-8-21(9-5-19)23-12-14-26-17-24(13-15-25(26)16-23)22-10-6-20(18-27)7-11-22/h6-7,10-11,18-19,21,23-26H,2-5,8-9,12-17H2,1H3. The van der Waals surface area contributed by atoms with Gasteiger partial charge in [-0.25, -0.2) is 0 Å². The molecule has 3 fully saturated rings. The lowest BCUT2D eigenvalue weighted by Crippen LogP contribution is -2.34. The zero-order valence-electron chi connectivity index (χ0n) is 17.2. The van der Waals surface area contributed by atoms with Gasteiger partial charge in [-0.1, -0.05) is 56.9 Å². The normalized spacial score (nSPS) is 36.8. The highest BCUT2D eigenvalue weighted by molar-refractivity contribution is 5.74. The summed E-state index contributed by atoms with van der Waals surface area (Å²) in [5, 5.41) is 0. The van der Waals surface area contributed by atoms with Crippen molar-refractivity contribution in [2.75, 3.05) is 0 Å². The predicted octanol–water partition coefficient (Wildman–Crippen LogP) is 7.41. The molecule has 0 spiro atoms. The summed E-state index contributed by atoms with van der Waals surface area (Å²) in [5.74, 6) is 5.83. The molecule has 1 heteroatoms. The summed E-state index contributed by atoms with van der Waals surface area (Å²) in [6.45, 7) is 2.35. The van der Waals surface area contributed by atoms with Crippen molar-refractivity contribution in [3.05, 3.63) is 35.4 Å². The smallest absolute Gasteiger partial charge is 0.150 e. The Labute approximate surface area is 166 Å². The van der Waals surface area contributed by atoms with Crippen molar-refractivity contribution >= 4 is 6.29 Å². The quantitative estimate of drug-likeness (QED) is 0.496. The number of carbonyl (C=O) groups is 1. The first-order valence-electron chi connectivity index (χ1n) is 11.8. The molecule has 0 saturated heterocycles. The molecule has 0 heterocycles. The zero-order chi connectivity index (χ0) is 18.6. The van der Waals surface area contributed by atoms with Crippen LogP contribution in [-0.4, -0.2) is 6.29 Å². The van der Waals surface area contributed by atoms with Crippen LogP contribution in [0.25, 0.3) is 0 Å². The topological polar surface area (TPSA) is 17.1 Å². The van der Waals surface area contributed by atoms with E-state index in [0.717, 1.165) is 47.4 Å². The molecular weight excluding hydrogens is 328 g/mol. The fourth-order valence-electron chi connectivity index (χ4n) is 6.86. The van der Waals surface area contributed by atoms with Crippen molar-refractivity contribution in [3.63, 3.8) is 0 Å². The van der Waals surface area contributed by atoms with E-state index in [2.05, 4.69) is 19.1 Å². The van der Waals surface area contributed by atoms with Gasteiger partial charge in [-0.15, -0.1) is 0 Å². The molecule has 4 rings (SSSR count). The van der Waals surface area contributed by atoms with Gasteiger partial charge in [0.15, 0.2) is 0 Å². The average molecular weight is 367 g/mol. The molecule has 1 aromatic rings. The minimum atomic E-state index is 0.730. The molecule has 0 amide bonds. The number of hydrogen-bond donors (Lipinski definition) is 0. The fourth-order valence-corrected chi connectivity index (χ4v) is 6.86. The minimum absolute atomic E-state index is 0.730. The van der Waals surface area contributed by atoms with Gasteiger partial charge in [0.1, 0.15) is 6.29 Å². The highest BCUT2D eigenvalue weighted by atomic mass is 16.1. The van der Waals surface area contributed by atoms with Gasteiger partial charge >= 0.3 is 0 Å². The van der Waals surface area contributed by atoms with Gasteiger partial charge in [0.25, 0.3) is 0 Å². The van der Waals surface area contributed by atoms with E-state index in [0.29, 0.717) is 0 Å². The lowest BCUT2D eigenvalue weighted by molar-refractivity contribution is 0.0712. The highest BCUT2D eigenvalue weighted by Gasteiger charge is 2.38. The molecule has 0 aromatic heterocycles. The van der Waals surface area contributed by atoms with E-state index in [-0.39, 0.29) is 0 Å². The van der Waals surface area contributed by atoms with Crippen LogP contribution in [0, 0.1) is 29.6 Å². The Bertz CT molecular complexity index is 595. The van der Waals surface area contributed by atoms with Gasteiger partial charge in [0, 0.05) is 5.56 Å². The molecule has 1 nitrogen and oxygen atoms in total. The Morgan fingerprint density at radius 1 is 0.778 bits per heavy atom. The second-order valence-corrected chi connectivity index (χ2v) is 9.96. The molecule has 0 aliphatic heterocycles. The predicted molar refractivity (Wildman–Crippen MR) is 113 cm³/mol. The third-order valence-electron chi connectivity index (χ3n) is 8.45. The zero-order valence-corrected chi connectivity index (χ0v) is 17.2. The van der Waals surface area contributed by atoms with Crippen molar-refractivity contribution < 1.29 is 4.79 Å². The maximum absolute atomic E-state index is 10.9. The molecule has 1 aromatic carbocycles. The first-order chi connectivity index (χ1) is 13.3. The third kappa shape index (κ3) is 4.49. The van der Waals surface area contributed by atoms with Crippen molar-refractivity contribution in [1.82, 2.24) is 0 Å². The van der Waals surface area contributed by atoms with E-state index in [9.17, 15) is 4.79 Å². The third-order valence-corrected chi connectivity index (χ3v) is 8.45. The summed E-state index contributed by atoms with van der Waals surface area (Å²) in [4.78, 5) is 10.9. The van der Waals surface area contributed by atoms with Crippen LogP contribution in [-0.2, 0) is 0 Å². The van der Waals surface area contributed by atoms with Crippen molar-refractivity contribution in [1.29, 1.82) is 0 Å². The van der Waals surface area contributed by atoms with E-state index in [1.54, 1.807) is 0 Å². The monoisotopic (exact) mass is 366 g/mol. The van der Waals surface area contributed by atoms with E-state index < -0.39 is 0 Å². The molecule has 4 unspecified atom stereocenters. The number of hydrogen-bond acceptors (Lipinski definition) is 1. The SMILES string of the molecule is CCCC1CCC(C2CCC3CC(c4ccc(C=O)cc4)CCC3C2)CC1. The number of carbonyl (C=O) groups excluding carboxylic acids is 1. The highest BCUT2D eigenvalue weighted by Crippen LogP contribution is 2.51. The number of aldehydes is 1. The molecule has 0 bridgehead atoms. The Balaban J connectivity index is 1.29. The van der Waals surface area contributed by atoms with Gasteiger partial charge in [-0.2, -0.15) is 0 Å². The second-order valence-electron chi connectivity index (χ2n) is 9.96. The maximum Gasteiger partial charge on any atom is 0.150 e. The molecule has 0 radical (unpaired) electrons. The van der Waals surface area contributed by atoms with Crippen LogP contribution in [0.4, 0.5) is 0 Å². The van der Waals surface area contributed by atoms with Crippen LogP contribution in [0.15, 0.2) is 24.3 Å². The lowest BCUT2D eigenvalue weighted by atomic mass is 9.60. The number of fused-ring (bicyclic) bond motifs is 1. The molecule has 3 aliphatic rings. The number of rotatable bonds is 5. The van der Waals surface area contributed by atoms with Gasteiger partial charge in [0.2, 0.25) is 0 Å². The van der Waals surface area contributed by atoms with Crippen LogP contribution >= 0.6 is 0 Å². The van der Waals surface area contributed by atoms with E-state index in [1.165, 1.54) is 82.6 Å². The van der Waals surface area contributed by atoms with Crippen molar-refractivity contribution in [3.8, 4) is 0 Å². The van der Waals surface area contributed by atoms with Crippen LogP contribution in [0.1, 0.15) is 106 Å². The lowest BCUT2D eigenvalue weighted by Gasteiger charge is -2.45. The van der Waals surface area contributed by atoms with Gasteiger partial charge in [-0.3, -0.25) is 4.79 Å². The Hall–Kier alpha value is -1.11. The van der Waals surface area contributed by atoms with Gasteiger partial charge in [-0.05, 0) is 92.4 Å². The summed E-state index contributed by atoms with van der Waals surface area (Å²) >= 11 is 0. The molecule has 0 N–H and O–H groups in total. The second kappa shape index (κ2) is 8.93. The van der Waals surface area contributed by atoms with Crippen LogP contribution < -0.4 is 0 Å². The summed E-state index contributed by atoms with van der Waals surface area (Å²) < 4.78 is 0. The maximum atomic E-state index is 10.9. The summed E-state index contributed by atoms with van der Waals surface area (Å²) in [6, 6.07) is 8.41. The average Bonchev–Trinajstić information content (AvgIpc) is 2.74. The molecule has 4 atom stereocenters. The molecule has 3 aliphatic carbocycles. The van der Waals surface area contributed by atoms with Crippen LogP contribution in [0.3, 0.4) is 0 Å². The molecular formula is C26H38O. The van der Waals surface area contributed by atoms with E-state index in [1.807, 2.05) is 12.1 Å². The number of benzene rings is 1. The minimum Gasteiger partial charge on any atom is -0.298 e. The Morgan fingerprint density at radius 2 is 1.37 bits per heavy atom. The van der Waals surface area contributed by atoms with E-state index >= 15 is 0 Å². The fraction of sp³-hybridized carbons (Fsp3) is 0.731. The summed E-state index contributed by atoms with van der Waals surface area (Å²) in [7, 11) is 0. The van der Waals surface area contributed by atoms with Gasteiger partial charge < -0.3 is 0 Å². The summed E-state index contributed by atoms with van der Waals surface area (Å²) in [5.41, 5.74) is 2.28. The van der Waals surface area contributed by atoms with Crippen molar-refractivity contribution in [2.45, 2.75) is 89.9 Å². The first-order valence-corrected chi connectivity index (χ1v) is 11.8. The molecule has 27 heavy (non-hydrogen) atoms. The summed E-state index contributed by atoms with van der Waals surface area (Å²) in [6.07, 6.45) is 18.6. The largest absolute Gasteiger partial charge is 0.298 e. The van der Waals surface area contributed by atoms with Crippen molar-refractivity contribution in [2.24, 2.45) is 29.6 Å². The van der Waals surface area contributed by atoms with E-state index in [4.69, 9.17) is 0 Å². The van der Waals surface area contributed by atoms with Crippen LogP contribution in [0.5, 0.6) is 0 Å². The molecule has 3 saturated carbocycles. The Kier molecular flexibility index (Phi) is 6.35. The van der Waals surface area contributed by atoms with Crippen LogP contribution in [0.2, 0.25) is 0 Å². The Morgan fingerprint density at radius 3 is 2.04 bits per heavy atom. The first kappa shape index (κ1) is 19.2. The van der Waals surface area contributed by atoms with Gasteiger partial charge in [0.05, 0.1) is 0 Å². The molecule has 148 valence electrons.